The maximum Gasteiger partial charge on any atom is 0.362 e. The molecular formula is C59H112NO7+. The van der Waals surface area contributed by atoms with Gasteiger partial charge in [0.05, 0.1) is 34.4 Å². The molecule has 0 amide bonds. The van der Waals surface area contributed by atoms with Gasteiger partial charge in [-0.25, -0.2) is 4.79 Å². The molecule has 8 heteroatoms. The molecule has 0 radical (unpaired) electrons. The average Bonchev–Trinajstić information content (AvgIpc) is 3.29. The van der Waals surface area contributed by atoms with Crippen LogP contribution in [-0.4, -0.2) is 80.6 Å². The third kappa shape index (κ3) is 48.6. The maximum atomic E-state index is 12.8. The first kappa shape index (κ1) is 64.8. The standard InChI is InChI=1S/C59H111NO7/c1-6-8-10-12-14-16-18-20-22-24-26-28-29-30-32-33-35-37-39-41-43-45-47-49-57(61)66-54-55(53-65-52-51-56(59(63)64)60(3,4)5)67-58(62)50-48-46-44-42-40-38-36-34-31-27-25-23-21-19-17-15-13-11-9-7-2/h26,28,30,32,55-56H,6-25,27,29,31,33-54H2,1-5H3/p+1/b28-26+,32-30+. The molecule has 2 unspecified atom stereocenters. The Kier molecular flexibility index (Phi) is 48.6. The summed E-state index contributed by atoms with van der Waals surface area (Å²) in [5.41, 5.74) is 0. The van der Waals surface area contributed by atoms with Crippen molar-refractivity contribution in [2.45, 2.75) is 296 Å². The molecule has 1 N–H and O–H groups in total. The quantitative estimate of drug-likeness (QED) is 0.0281. The van der Waals surface area contributed by atoms with Crippen LogP contribution in [0.1, 0.15) is 284 Å². The zero-order valence-electron chi connectivity index (χ0n) is 45.1. The van der Waals surface area contributed by atoms with Gasteiger partial charge in [-0.3, -0.25) is 9.59 Å². The molecule has 0 saturated heterocycles. The van der Waals surface area contributed by atoms with Crippen molar-refractivity contribution in [2.24, 2.45) is 0 Å². The van der Waals surface area contributed by atoms with Crippen LogP contribution in [0.3, 0.4) is 0 Å². The van der Waals surface area contributed by atoms with Gasteiger partial charge in [-0.15, -0.1) is 0 Å². The van der Waals surface area contributed by atoms with Crippen LogP contribution in [0, 0.1) is 0 Å². The van der Waals surface area contributed by atoms with Gasteiger partial charge in [-0.1, -0.05) is 244 Å². The van der Waals surface area contributed by atoms with E-state index < -0.39 is 18.1 Å². The third-order valence-corrected chi connectivity index (χ3v) is 13.4. The second-order valence-electron chi connectivity index (χ2n) is 20.9. The molecule has 0 aromatic rings. The topological polar surface area (TPSA) is 99.1 Å². The zero-order chi connectivity index (χ0) is 49.2. The Morgan fingerprint density at radius 3 is 1.15 bits per heavy atom. The molecule has 0 aliphatic heterocycles. The molecule has 0 aromatic heterocycles. The van der Waals surface area contributed by atoms with Crippen molar-refractivity contribution in [2.75, 3.05) is 41.0 Å². The number of nitrogens with zero attached hydrogens (tertiary/aromatic N) is 1. The van der Waals surface area contributed by atoms with E-state index in [2.05, 4.69) is 38.2 Å². The lowest BCUT2D eigenvalue weighted by Gasteiger charge is -2.31. The van der Waals surface area contributed by atoms with E-state index in [1.807, 2.05) is 21.1 Å². The Labute approximate surface area is 415 Å². The van der Waals surface area contributed by atoms with Crippen molar-refractivity contribution in [1.29, 1.82) is 0 Å². The molecule has 67 heavy (non-hydrogen) atoms. The van der Waals surface area contributed by atoms with Gasteiger partial charge in [0.15, 0.2) is 12.1 Å². The molecule has 0 aromatic carbocycles. The van der Waals surface area contributed by atoms with E-state index in [1.54, 1.807) is 0 Å². The number of carbonyl (C=O) groups excluding carboxylic acids is 2. The summed E-state index contributed by atoms with van der Waals surface area (Å²) in [6.07, 6.45) is 59.5. The predicted octanol–water partition coefficient (Wildman–Crippen LogP) is 17.2. The molecule has 0 spiro atoms. The highest BCUT2D eigenvalue weighted by Crippen LogP contribution is 2.17. The highest BCUT2D eigenvalue weighted by molar-refractivity contribution is 5.72. The second-order valence-corrected chi connectivity index (χ2v) is 20.9. The van der Waals surface area contributed by atoms with Crippen LogP contribution in [0.15, 0.2) is 24.3 Å². The van der Waals surface area contributed by atoms with Crippen molar-refractivity contribution >= 4 is 17.9 Å². The van der Waals surface area contributed by atoms with Crippen molar-refractivity contribution in [1.82, 2.24) is 0 Å². The van der Waals surface area contributed by atoms with Crippen molar-refractivity contribution in [3.05, 3.63) is 24.3 Å². The minimum atomic E-state index is -0.871. The molecule has 0 bridgehead atoms. The number of hydrogen-bond acceptors (Lipinski definition) is 6. The minimum absolute atomic E-state index is 0.0500. The summed E-state index contributed by atoms with van der Waals surface area (Å²) >= 11 is 0. The normalized spacial score (nSPS) is 12.9. The van der Waals surface area contributed by atoms with Gasteiger partial charge in [0, 0.05) is 19.3 Å². The van der Waals surface area contributed by atoms with Crippen LogP contribution in [0.5, 0.6) is 0 Å². The smallest absolute Gasteiger partial charge is 0.362 e. The summed E-state index contributed by atoms with van der Waals surface area (Å²) in [5, 5.41) is 9.68. The first-order valence-electron chi connectivity index (χ1n) is 28.9. The SMILES string of the molecule is CCCCCCCCCCC/C=C/C/C=C/CCCCCCCCCC(=O)OCC(COCCC(C(=O)O)[N+](C)(C)C)OC(=O)CCCCCCCCCCCCCCCCCCCCCC. The summed E-state index contributed by atoms with van der Waals surface area (Å²) in [5.74, 6) is -1.45. The third-order valence-electron chi connectivity index (χ3n) is 13.4. The number of likely N-dealkylation sites (N-methyl/N-ethyl adjacent to an activating group) is 1. The summed E-state index contributed by atoms with van der Waals surface area (Å²) in [7, 11) is 5.55. The van der Waals surface area contributed by atoms with E-state index in [1.165, 1.54) is 199 Å². The van der Waals surface area contributed by atoms with Crippen LogP contribution in [-0.2, 0) is 28.6 Å². The fraction of sp³-hybridized carbons (Fsp3) is 0.881. The van der Waals surface area contributed by atoms with Gasteiger partial charge in [0.1, 0.15) is 6.61 Å². The lowest BCUT2D eigenvalue weighted by atomic mass is 10.0. The summed E-state index contributed by atoms with van der Waals surface area (Å²) in [6.45, 7) is 4.79. The van der Waals surface area contributed by atoms with Gasteiger partial charge < -0.3 is 23.8 Å². The summed E-state index contributed by atoms with van der Waals surface area (Å²) in [4.78, 5) is 37.3. The number of quaternary nitrogens is 1. The van der Waals surface area contributed by atoms with Crippen molar-refractivity contribution in [3.63, 3.8) is 0 Å². The summed E-state index contributed by atoms with van der Waals surface area (Å²) in [6, 6.07) is -0.614. The number of hydrogen-bond donors (Lipinski definition) is 1. The number of carboxylic acids is 1. The van der Waals surface area contributed by atoms with E-state index in [4.69, 9.17) is 14.2 Å². The summed E-state index contributed by atoms with van der Waals surface area (Å²) < 4.78 is 17.4. The Morgan fingerprint density at radius 1 is 0.448 bits per heavy atom. The molecule has 0 aliphatic carbocycles. The van der Waals surface area contributed by atoms with Crippen LogP contribution in [0.25, 0.3) is 0 Å². The zero-order valence-corrected chi connectivity index (χ0v) is 45.1. The molecule has 2 atom stereocenters. The van der Waals surface area contributed by atoms with E-state index in [0.717, 1.165) is 51.4 Å². The molecule has 8 nitrogen and oxygen atoms in total. The molecule has 0 heterocycles. The van der Waals surface area contributed by atoms with Gasteiger partial charge >= 0.3 is 17.9 Å². The molecule has 0 saturated carbocycles. The number of carbonyl (C=O) groups is 3. The highest BCUT2D eigenvalue weighted by atomic mass is 16.6. The Balaban J connectivity index is 4.16. The number of carboxylic acid groups (broad SMARTS) is 1. The number of allylic oxidation sites excluding steroid dienone is 4. The molecular weight excluding hydrogens is 835 g/mol. The monoisotopic (exact) mass is 947 g/mol. The number of unbranched alkanes of at least 4 members (excludes halogenated alkanes) is 35. The number of esters is 2. The first-order valence-corrected chi connectivity index (χ1v) is 28.9. The number of rotatable bonds is 53. The molecule has 0 fully saturated rings. The van der Waals surface area contributed by atoms with E-state index in [9.17, 15) is 19.5 Å². The van der Waals surface area contributed by atoms with Crippen LogP contribution >= 0.6 is 0 Å². The second kappa shape index (κ2) is 50.2. The fourth-order valence-corrected chi connectivity index (χ4v) is 8.89. The fourth-order valence-electron chi connectivity index (χ4n) is 8.89. The lowest BCUT2D eigenvalue weighted by molar-refractivity contribution is -0.887. The van der Waals surface area contributed by atoms with Crippen molar-refractivity contribution < 1.29 is 38.2 Å². The van der Waals surface area contributed by atoms with Crippen LogP contribution < -0.4 is 0 Å². The van der Waals surface area contributed by atoms with Crippen LogP contribution in [0.4, 0.5) is 0 Å². The van der Waals surface area contributed by atoms with E-state index in [0.29, 0.717) is 19.3 Å². The van der Waals surface area contributed by atoms with E-state index in [-0.39, 0.29) is 36.2 Å². The lowest BCUT2D eigenvalue weighted by Crippen LogP contribution is -2.50. The van der Waals surface area contributed by atoms with Gasteiger partial charge in [0.2, 0.25) is 0 Å². The predicted molar refractivity (Wildman–Crippen MR) is 285 cm³/mol. The maximum absolute atomic E-state index is 12.8. The largest absolute Gasteiger partial charge is 0.477 e. The molecule has 0 aliphatic rings. The van der Waals surface area contributed by atoms with E-state index >= 15 is 0 Å². The average molecular weight is 948 g/mol. The Morgan fingerprint density at radius 2 is 0.791 bits per heavy atom. The minimum Gasteiger partial charge on any atom is -0.477 e. The number of ether oxygens (including phenoxy) is 3. The Hall–Kier alpha value is -2.19. The van der Waals surface area contributed by atoms with Gasteiger partial charge in [-0.05, 0) is 44.9 Å². The molecule has 0 rings (SSSR count). The van der Waals surface area contributed by atoms with Crippen LogP contribution in [0.2, 0.25) is 0 Å². The highest BCUT2D eigenvalue weighted by Gasteiger charge is 2.31. The van der Waals surface area contributed by atoms with Gasteiger partial charge in [-0.2, -0.15) is 0 Å². The molecule has 394 valence electrons. The first-order chi connectivity index (χ1) is 32.6. The Bertz CT molecular complexity index is 1150. The number of aliphatic carboxylic acids is 1. The van der Waals surface area contributed by atoms with Gasteiger partial charge in [0.25, 0.3) is 0 Å². The van der Waals surface area contributed by atoms with Crippen molar-refractivity contribution in [3.8, 4) is 0 Å².